The topological polar surface area (TPSA) is 59.1 Å². The fourth-order valence-corrected chi connectivity index (χ4v) is 0.886. The zero-order valence-corrected chi connectivity index (χ0v) is 7.85. The minimum Gasteiger partial charge on any atom is -0.394 e. The summed E-state index contributed by atoms with van der Waals surface area (Å²) in [5.41, 5.74) is 6.10. The van der Waals surface area contributed by atoms with Crippen molar-refractivity contribution in [3.8, 4) is 0 Å². The molecule has 0 spiro atoms. The maximum Gasteiger partial charge on any atom is 0.0705 e. The third kappa shape index (κ3) is 2.95. The summed E-state index contributed by atoms with van der Waals surface area (Å²) in [5.74, 6) is 0. The fraction of sp³-hybridized carbons (Fsp3) is 0.286. The number of rotatable bonds is 2. The summed E-state index contributed by atoms with van der Waals surface area (Å²) >= 11 is 5.67. The average Bonchev–Trinajstić information content (AvgIpc) is 2.03. The zero-order valence-electron chi connectivity index (χ0n) is 6.27. The summed E-state index contributed by atoms with van der Waals surface area (Å²) in [5, 5.41) is 9.25. The summed E-state index contributed by atoms with van der Waals surface area (Å²) in [7, 11) is 0. The molecule has 3 N–H and O–H groups in total. The van der Waals surface area contributed by atoms with Crippen LogP contribution in [0.25, 0.3) is 0 Å². The van der Waals surface area contributed by atoms with Gasteiger partial charge in [-0.05, 0) is 12.1 Å². The van der Waals surface area contributed by atoms with Gasteiger partial charge in [0.1, 0.15) is 0 Å². The van der Waals surface area contributed by atoms with E-state index in [-0.39, 0.29) is 19.0 Å². The highest BCUT2D eigenvalue weighted by Crippen LogP contribution is 2.12. The molecule has 1 aromatic heterocycles. The molecule has 0 amide bonds. The van der Waals surface area contributed by atoms with Crippen molar-refractivity contribution in [2.24, 2.45) is 5.73 Å². The fourth-order valence-electron chi connectivity index (χ4n) is 0.717. The average molecular weight is 209 g/mol. The molecule has 0 fully saturated rings. The number of aliphatic hydroxyl groups excluding tert-OH is 1. The third-order valence-corrected chi connectivity index (χ3v) is 1.55. The largest absolute Gasteiger partial charge is 0.394 e. The van der Waals surface area contributed by atoms with E-state index in [1.54, 1.807) is 18.3 Å². The van der Waals surface area contributed by atoms with Crippen LogP contribution in [0.1, 0.15) is 11.7 Å². The van der Waals surface area contributed by atoms with E-state index in [0.29, 0.717) is 10.7 Å². The molecular weight excluding hydrogens is 199 g/mol. The minimum atomic E-state index is -0.436. The molecule has 0 saturated heterocycles. The minimum absolute atomic E-state index is 0. The van der Waals surface area contributed by atoms with Crippen molar-refractivity contribution in [1.82, 2.24) is 4.98 Å². The molecule has 0 aliphatic carbocycles. The Balaban J connectivity index is 0.00000121. The van der Waals surface area contributed by atoms with Gasteiger partial charge in [-0.15, -0.1) is 12.4 Å². The first-order chi connectivity index (χ1) is 5.24. The van der Waals surface area contributed by atoms with E-state index in [1.807, 2.05) is 0 Å². The first kappa shape index (κ1) is 11.6. The Kier molecular flexibility index (Phi) is 5.17. The second-order valence-electron chi connectivity index (χ2n) is 2.19. The Morgan fingerprint density at radius 2 is 2.33 bits per heavy atom. The summed E-state index contributed by atoms with van der Waals surface area (Å²) in [4.78, 5) is 3.94. The molecule has 0 bridgehead atoms. The van der Waals surface area contributed by atoms with Crippen molar-refractivity contribution in [3.05, 3.63) is 29.0 Å². The van der Waals surface area contributed by atoms with E-state index >= 15 is 0 Å². The van der Waals surface area contributed by atoms with Gasteiger partial charge in [-0.25, -0.2) is 0 Å². The van der Waals surface area contributed by atoms with Crippen LogP contribution in [-0.2, 0) is 0 Å². The molecule has 1 heterocycles. The number of aromatic nitrogens is 1. The van der Waals surface area contributed by atoms with Crippen LogP contribution in [0.4, 0.5) is 0 Å². The SMILES string of the molecule is Cl.N[C@@H](CO)c1cc(Cl)ccn1. The van der Waals surface area contributed by atoms with Gasteiger partial charge in [0.05, 0.1) is 18.3 Å². The molecule has 1 rings (SSSR count). The van der Waals surface area contributed by atoms with Crippen molar-refractivity contribution in [1.29, 1.82) is 0 Å². The first-order valence-electron chi connectivity index (χ1n) is 3.22. The van der Waals surface area contributed by atoms with Gasteiger partial charge in [0.15, 0.2) is 0 Å². The predicted molar refractivity (Wildman–Crippen MR) is 50.5 cm³/mol. The maximum absolute atomic E-state index is 8.67. The summed E-state index contributed by atoms with van der Waals surface area (Å²) in [6.45, 7) is -0.118. The van der Waals surface area contributed by atoms with Crippen molar-refractivity contribution in [2.45, 2.75) is 6.04 Å². The monoisotopic (exact) mass is 208 g/mol. The first-order valence-corrected chi connectivity index (χ1v) is 3.59. The lowest BCUT2D eigenvalue weighted by atomic mass is 10.2. The van der Waals surface area contributed by atoms with E-state index in [4.69, 9.17) is 22.4 Å². The molecule has 0 aromatic carbocycles. The molecule has 12 heavy (non-hydrogen) atoms. The molecule has 68 valence electrons. The van der Waals surface area contributed by atoms with Crippen LogP contribution in [0.3, 0.4) is 0 Å². The highest BCUT2D eigenvalue weighted by molar-refractivity contribution is 6.30. The quantitative estimate of drug-likeness (QED) is 0.767. The smallest absolute Gasteiger partial charge is 0.0705 e. The number of nitrogens with zero attached hydrogens (tertiary/aromatic N) is 1. The van der Waals surface area contributed by atoms with Gasteiger partial charge >= 0.3 is 0 Å². The summed E-state index contributed by atoms with van der Waals surface area (Å²) < 4.78 is 0. The van der Waals surface area contributed by atoms with Gasteiger partial charge in [-0.3, -0.25) is 4.98 Å². The lowest BCUT2D eigenvalue weighted by Crippen LogP contribution is -2.15. The molecule has 1 aromatic rings. The van der Waals surface area contributed by atoms with Crippen LogP contribution in [0.15, 0.2) is 18.3 Å². The number of halogens is 2. The van der Waals surface area contributed by atoms with E-state index in [9.17, 15) is 0 Å². The van der Waals surface area contributed by atoms with Crippen molar-refractivity contribution >= 4 is 24.0 Å². The number of hydrogen-bond acceptors (Lipinski definition) is 3. The lowest BCUT2D eigenvalue weighted by Gasteiger charge is -2.06. The highest BCUT2D eigenvalue weighted by Gasteiger charge is 2.04. The highest BCUT2D eigenvalue weighted by atomic mass is 35.5. The van der Waals surface area contributed by atoms with E-state index in [0.717, 1.165) is 0 Å². The van der Waals surface area contributed by atoms with Gasteiger partial charge in [-0.1, -0.05) is 11.6 Å². The molecule has 0 aliphatic heterocycles. The van der Waals surface area contributed by atoms with Crippen LogP contribution in [-0.4, -0.2) is 16.7 Å². The van der Waals surface area contributed by atoms with Crippen molar-refractivity contribution in [2.75, 3.05) is 6.61 Å². The Labute approximate surface area is 82.0 Å². The second-order valence-corrected chi connectivity index (χ2v) is 2.62. The van der Waals surface area contributed by atoms with Gasteiger partial charge in [0, 0.05) is 11.2 Å². The van der Waals surface area contributed by atoms with Crippen LogP contribution in [0.2, 0.25) is 5.02 Å². The molecular formula is C7H10Cl2N2O. The Bertz CT molecular complexity index is 245. The van der Waals surface area contributed by atoms with Crippen LogP contribution in [0, 0.1) is 0 Å². The van der Waals surface area contributed by atoms with Crippen molar-refractivity contribution < 1.29 is 5.11 Å². The van der Waals surface area contributed by atoms with Crippen molar-refractivity contribution in [3.63, 3.8) is 0 Å². The van der Waals surface area contributed by atoms with Gasteiger partial charge in [-0.2, -0.15) is 0 Å². The Morgan fingerprint density at radius 1 is 1.67 bits per heavy atom. The van der Waals surface area contributed by atoms with Gasteiger partial charge in [0.2, 0.25) is 0 Å². The second kappa shape index (κ2) is 5.32. The number of aliphatic hydroxyl groups is 1. The number of nitrogens with two attached hydrogens (primary N) is 1. The predicted octanol–water partition coefficient (Wildman–Crippen LogP) is 1.15. The van der Waals surface area contributed by atoms with Crippen LogP contribution < -0.4 is 5.73 Å². The summed E-state index contributed by atoms with van der Waals surface area (Å²) in [6, 6.07) is 2.87. The normalized spacial score (nSPS) is 11.9. The van der Waals surface area contributed by atoms with E-state index < -0.39 is 6.04 Å². The summed E-state index contributed by atoms with van der Waals surface area (Å²) in [6.07, 6.45) is 1.56. The zero-order chi connectivity index (χ0) is 8.27. The molecule has 0 radical (unpaired) electrons. The molecule has 5 heteroatoms. The lowest BCUT2D eigenvalue weighted by molar-refractivity contribution is 0.266. The maximum atomic E-state index is 8.67. The molecule has 1 atom stereocenters. The van der Waals surface area contributed by atoms with Crippen LogP contribution >= 0.6 is 24.0 Å². The standard InChI is InChI=1S/C7H9ClN2O.ClH/c8-5-1-2-10-7(3-5)6(9)4-11;/h1-3,6,11H,4,9H2;1H/t6-;/m0./s1. The van der Waals surface area contributed by atoms with Crippen LogP contribution in [0.5, 0.6) is 0 Å². The molecule has 0 saturated carbocycles. The third-order valence-electron chi connectivity index (χ3n) is 1.32. The molecule has 0 unspecified atom stereocenters. The van der Waals surface area contributed by atoms with E-state index in [2.05, 4.69) is 4.98 Å². The molecule has 0 aliphatic rings. The number of hydrogen-bond donors (Lipinski definition) is 2. The van der Waals surface area contributed by atoms with Gasteiger partial charge in [0.25, 0.3) is 0 Å². The Morgan fingerprint density at radius 3 is 2.83 bits per heavy atom. The number of pyridine rings is 1. The van der Waals surface area contributed by atoms with Gasteiger partial charge < -0.3 is 10.8 Å². The van der Waals surface area contributed by atoms with E-state index in [1.165, 1.54) is 0 Å². The Hall–Kier alpha value is -0.350. The molecule has 3 nitrogen and oxygen atoms in total.